The number of amides is 2. The molecule has 0 saturated heterocycles. The van der Waals surface area contributed by atoms with Crippen molar-refractivity contribution in [2.45, 2.75) is 71.0 Å². The van der Waals surface area contributed by atoms with Crippen LogP contribution in [-0.4, -0.2) is 40.5 Å². The summed E-state index contributed by atoms with van der Waals surface area (Å²) in [5, 5.41) is 7.47. The molecule has 2 aliphatic heterocycles. The summed E-state index contributed by atoms with van der Waals surface area (Å²) < 4.78 is 0. The molecule has 4 N–H and O–H groups in total. The lowest BCUT2D eigenvalue weighted by molar-refractivity contribution is -0.133. The second kappa shape index (κ2) is 12.0. The van der Waals surface area contributed by atoms with Crippen LogP contribution in [0.1, 0.15) is 86.8 Å². The molecule has 10 heteroatoms. The first kappa shape index (κ1) is 28.1. The first-order valence-electron chi connectivity index (χ1n) is 14.2. The number of rotatable bonds is 9. The van der Waals surface area contributed by atoms with Gasteiger partial charge in [0.05, 0.1) is 12.6 Å². The van der Waals surface area contributed by atoms with E-state index in [1.54, 1.807) is 0 Å². The summed E-state index contributed by atoms with van der Waals surface area (Å²) in [6, 6.07) is 14.9. The Morgan fingerprint density at radius 1 is 1.12 bits per heavy atom. The van der Waals surface area contributed by atoms with Crippen LogP contribution < -0.4 is 21.8 Å². The monoisotopic (exact) mass is 563 g/mol. The maximum atomic E-state index is 14.2. The van der Waals surface area contributed by atoms with Gasteiger partial charge >= 0.3 is 0 Å². The molecule has 1 saturated carbocycles. The van der Waals surface area contributed by atoms with Crippen molar-refractivity contribution in [1.82, 2.24) is 26.7 Å². The predicted molar refractivity (Wildman–Crippen MR) is 158 cm³/mol. The van der Waals surface area contributed by atoms with E-state index in [0.29, 0.717) is 34.0 Å². The van der Waals surface area contributed by atoms with Crippen molar-refractivity contribution in [3.05, 3.63) is 70.2 Å². The van der Waals surface area contributed by atoms with Crippen LogP contribution in [-0.2, 0) is 4.79 Å². The van der Waals surface area contributed by atoms with Crippen LogP contribution in [0, 0.1) is 11.8 Å². The number of nitrogens with zero attached hydrogens (tertiary/aromatic N) is 3. The van der Waals surface area contributed by atoms with Gasteiger partial charge in [-0.2, -0.15) is 0 Å². The Kier molecular flexibility index (Phi) is 8.42. The lowest BCUT2D eigenvalue weighted by Crippen LogP contribution is -2.51. The van der Waals surface area contributed by atoms with Crippen LogP contribution in [0.15, 0.2) is 58.6 Å². The number of halogens is 1. The molecule has 2 amide bonds. The molecule has 5 rings (SSSR count). The Bertz CT molecular complexity index is 1280. The van der Waals surface area contributed by atoms with E-state index in [4.69, 9.17) is 16.6 Å². The molecule has 1 aliphatic carbocycles. The Hall–Kier alpha value is -3.43. The summed E-state index contributed by atoms with van der Waals surface area (Å²) >= 11 is 6.15. The number of hydrazone groups is 1. The first-order chi connectivity index (χ1) is 19.3. The minimum atomic E-state index is -0.565. The number of nitrogens with one attached hydrogen (secondary N) is 4. The largest absolute Gasteiger partial charge is 0.345 e. The van der Waals surface area contributed by atoms with E-state index in [9.17, 15) is 9.59 Å². The third kappa shape index (κ3) is 5.71. The molecule has 2 aromatic carbocycles. The molecule has 0 bridgehead atoms. The number of carbonyl (C=O) groups excluding carboxylic acids is 2. The highest BCUT2D eigenvalue weighted by atomic mass is 35.5. The van der Waals surface area contributed by atoms with E-state index in [-0.39, 0.29) is 24.4 Å². The minimum absolute atomic E-state index is 0.0300. The zero-order valence-electron chi connectivity index (χ0n) is 23.3. The summed E-state index contributed by atoms with van der Waals surface area (Å²) in [6.45, 7) is 6.98. The summed E-state index contributed by atoms with van der Waals surface area (Å²) in [4.78, 5) is 34.3. The maximum absolute atomic E-state index is 14.2. The maximum Gasteiger partial charge on any atom is 0.275 e. The zero-order chi connectivity index (χ0) is 28.3. The van der Waals surface area contributed by atoms with Gasteiger partial charge in [-0.1, -0.05) is 63.1 Å². The van der Waals surface area contributed by atoms with E-state index >= 15 is 0 Å². The van der Waals surface area contributed by atoms with E-state index in [2.05, 4.69) is 52.6 Å². The lowest BCUT2D eigenvalue weighted by atomic mass is 9.76. The topological polar surface area (TPSA) is 110 Å². The third-order valence-electron chi connectivity index (χ3n) is 8.38. The highest BCUT2D eigenvalue weighted by molar-refractivity contribution is 6.47. The number of benzene rings is 2. The van der Waals surface area contributed by atoms with Gasteiger partial charge in [0.2, 0.25) is 0 Å². The Morgan fingerprint density at radius 3 is 2.42 bits per heavy atom. The van der Waals surface area contributed by atoms with Crippen molar-refractivity contribution in [3.63, 3.8) is 0 Å². The molecule has 0 radical (unpaired) electrons. The first-order valence-corrected chi connectivity index (χ1v) is 14.6. The average molecular weight is 564 g/mol. The molecule has 9 nitrogen and oxygen atoms in total. The molecular weight excluding hydrogens is 526 g/mol. The number of hydrogen-bond donors (Lipinski definition) is 4. The van der Waals surface area contributed by atoms with E-state index in [0.717, 1.165) is 49.7 Å². The molecule has 2 aromatic rings. The molecule has 3 aliphatic rings. The van der Waals surface area contributed by atoms with Gasteiger partial charge < -0.3 is 10.2 Å². The standard InChI is InChI=1S/C30H38ClN7O2/c1-4-5-25(21-6-8-23(9-7-21)28(39)32-18-26-34-36-37-35-26)38-29(40)27(22-10-12-24(31)13-11-22)33-30(38)16-14-20(15-17-30)19(2)3/h6-13,19-20,25,36-37H,4-5,14-18H2,1-3H3,(H,32,39)(H,34,35). The van der Waals surface area contributed by atoms with Crippen LogP contribution in [0.4, 0.5) is 0 Å². The fourth-order valence-corrected chi connectivity index (χ4v) is 6.24. The number of hydrogen-bond acceptors (Lipinski definition) is 7. The van der Waals surface area contributed by atoms with Crippen molar-refractivity contribution >= 4 is 35.0 Å². The second-order valence-corrected chi connectivity index (χ2v) is 11.7. The van der Waals surface area contributed by atoms with Gasteiger partial charge in [0.25, 0.3) is 11.8 Å². The molecule has 1 spiro atoms. The minimum Gasteiger partial charge on any atom is -0.345 e. The molecule has 1 atom stereocenters. The van der Waals surface area contributed by atoms with E-state index in [1.165, 1.54) is 0 Å². The van der Waals surface area contributed by atoms with Gasteiger partial charge in [-0.05, 0) is 73.8 Å². The Balaban J connectivity index is 1.43. The highest BCUT2D eigenvalue weighted by Gasteiger charge is 2.51. The van der Waals surface area contributed by atoms with Gasteiger partial charge in [0.15, 0.2) is 5.84 Å². The van der Waals surface area contributed by atoms with E-state index < -0.39 is 5.66 Å². The van der Waals surface area contributed by atoms with Gasteiger partial charge in [-0.3, -0.25) is 20.0 Å². The van der Waals surface area contributed by atoms with Gasteiger partial charge in [-0.25, -0.2) is 5.53 Å². The lowest BCUT2D eigenvalue weighted by Gasteiger charge is -2.46. The molecule has 0 aromatic heterocycles. The summed E-state index contributed by atoms with van der Waals surface area (Å²) in [5.41, 5.74) is 10.4. The highest BCUT2D eigenvalue weighted by Crippen LogP contribution is 2.48. The third-order valence-corrected chi connectivity index (χ3v) is 8.63. The number of aliphatic imine (C=N–C) groups is 1. The normalized spacial score (nSPS) is 23.1. The van der Waals surface area contributed by atoms with Crippen LogP contribution in [0.5, 0.6) is 0 Å². The molecule has 1 unspecified atom stereocenters. The molecular formula is C30H38ClN7O2. The fraction of sp³-hybridized carbons (Fsp3) is 0.467. The number of amidine groups is 1. The van der Waals surface area contributed by atoms with Crippen LogP contribution in [0.2, 0.25) is 5.02 Å². The molecule has 2 heterocycles. The number of hydrazine groups is 2. The smallest absolute Gasteiger partial charge is 0.275 e. The summed E-state index contributed by atoms with van der Waals surface area (Å²) in [5.74, 6) is 1.62. The SMILES string of the molecule is CCCC(c1ccc(C(=O)NCC2=NNNN2)cc1)N1C(=O)C(c2ccc(Cl)cc2)=NC12CCC(C(C)C)CC2. The Morgan fingerprint density at radius 2 is 1.82 bits per heavy atom. The van der Waals surface area contributed by atoms with Crippen LogP contribution in [0.3, 0.4) is 0 Å². The molecule has 1 fully saturated rings. The van der Waals surface area contributed by atoms with Crippen molar-refractivity contribution in [1.29, 1.82) is 0 Å². The van der Waals surface area contributed by atoms with Crippen molar-refractivity contribution in [2.75, 3.05) is 6.54 Å². The van der Waals surface area contributed by atoms with Gasteiger partial charge in [-0.15, -0.1) is 10.6 Å². The zero-order valence-corrected chi connectivity index (χ0v) is 24.1. The molecule has 40 heavy (non-hydrogen) atoms. The predicted octanol–water partition coefficient (Wildman–Crippen LogP) is 4.71. The molecule has 212 valence electrons. The quantitative estimate of drug-likeness (QED) is 0.353. The Labute approximate surface area is 240 Å². The van der Waals surface area contributed by atoms with Crippen molar-refractivity contribution < 1.29 is 9.59 Å². The average Bonchev–Trinajstić information content (AvgIpc) is 3.58. The van der Waals surface area contributed by atoms with E-state index in [1.807, 2.05) is 48.5 Å². The summed E-state index contributed by atoms with van der Waals surface area (Å²) in [7, 11) is 0. The van der Waals surface area contributed by atoms with Crippen LogP contribution >= 0.6 is 11.6 Å². The van der Waals surface area contributed by atoms with Gasteiger partial charge in [0.1, 0.15) is 11.4 Å². The summed E-state index contributed by atoms with van der Waals surface area (Å²) in [6.07, 6.45) is 5.50. The van der Waals surface area contributed by atoms with Gasteiger partial charge in [0, 0.05) is 16.1 Å². The van der Waals surface area contributed by atoms with Crippen molar-refractivity contribution in [3.8, 4) is 0 Å². The second-order valence-electron chi connectivity index (χ2n) is 11.2. The van der Waals surface area contributed by atoms with Crippen LogP contribution in [0.25, 0.3) is 0 Å². The number of carbonyl (C=O) groups is 2. The van der Waals surface area contributed by atoms with Crippen molar-refractivity contribution in [2.24, 2.45) is 21.9 Å². The fourth-order valence-electron chi connectivity index (χ4n) is 6.11.